The zero-order valence-electron chi connectivity index (χ0n) is 8.24. The van der Waals surface area contributed by atoms with Gasteiger partial charge < -0.3 is 10.8 Å². The zero-order chi connectivity index (χ0) is 11.5. The van der Waals surface area contributed by atoms with Crippen molar-refractivity contribution < 1.29 is 9.90 Å². The molecule has 3 N–H and O–H groups in total. The van der Waals surface area contributed by atoms with E-state index in [1.807, 2.05) is 0 Å². The Morgan fingerprint density at radius 2 is 2.06 bits per heavy atom. The zero-order valence-corrected chi connectivity index (χ0v) is 8.24. The maximum atomic E-state index is 10.8. The Morgan fingerprint density at radius 1 is 1.38 bits per heavy atom. The molecule has 0 fully saturated rings. The Kier molecular flexibility index (Phi) is 2.61. The fourth-order valence-corrected chi connectivity index (χ4v) is 1.11. The van der Waals surface area contributed by atoms with Crippen LogP contribution in [-0.2, 0) is 6.61 Å². The summed E-state index contributed by atoms with van der Waals surface area (Å²) in [4.78, 5) is 18.8. The van der Waals surface area contributed by atoms with Crippen LogP contribution in [0.25, 0.3) is 5.95 Å². The fraction of sp³-hybridized carbons (Fsp3) is 0.111. The number of primary amides is 1. The summed E-state index contributed by atoms with van der Waals surface area (Å²) in [5.41, 5.74) is 5.97. The lowest BCUT2D eigenvalue weighted by atomic mass is 10.3. The lowest BCUT2D eigenvalue weighted by Gasteiger charge is -1.99. The van der Waals surface area contributed by atoms with E-state index in [9.17, 15) is 4.79 Å². The van der Waals surface area contributed by atoms with E-state index in [1.54, 1.807) is 0 Å². The number of carbonyl (C=O) groups is 1. The molecule has 2 aromatic heterocycles. The van der Waals surface area contributed by atoms with E-state index in [0.29, 0.717) is 11.5 Å². The highest BCUT2D eigenvalue weighted by molar-refractivity contribution is 5.92. The van der Waals surface area contributed by atoms with Crippen LogP contribution in [0.5, 0.6) is 0 Å². The molecule has 0 aliphatic heterocycles. The molecule has 0 aliphatic carbocycles. The van der Waals surface area contributed by atoms with Gasteiger partial charge in [0.05, 0.1) is 18.4 Å². The van der Waals surface area contributed by atoms with E-state index < -0.39 is 5.91 Å². The normalized spacial score (nSPS) is 10.3. The molecule has 0 bridgehead atoms. The quantitative estimate of drug-likeness (QED) is 0.706. The molecule has 0 spiro atoms. The molecule has 0 atom stereocenters. The number of rotatable bonds is 3. The Labute approximate surface area is 90.6 Å². The minimum atomic E-state index is -0.557. The van der Waals surface area contributed by atoms with Gasteiger partial charge in [0.1, 0.15) is 0 Å². The number of carbonyl (C=O) groups excluding carboxylic acids is 1. The van der Waals surface area contributed by atoms with Crippen molar-refractivity contribution in [1.82, 2.24) is 19.7 Å². The molecular weight excluding hydrogens is 210 g/mol. The van der Waals surface area contributed by atoms with Gasteiger partial charge in [0.2, 0.25) is 5.95 Å². The summed E-state index contributed by atoms with van der Waals surface area (Å²) in [6, 6.07) is 0. The van der Waals surface area contributed by atoms with Crippen LogP contribution in [0.1, 0.15) is 15.9 Å². The number of amides is 1. The molecule has 0 radical (unpaired) electrons. The van der Waals surface area contributed by atoms with E-state index in [1.165, 1.54) is 29.5 Å². The fourth-order valence-electron chi connectivity index (χ4n) is 1.11. The van der Waals surface area contributed by atoms with Crippen molar-refractivity contribution in [2.24, 2.45) is 5.73 Å². The molecule has 0 unspecified atom stereocenters. The predicted molar refractivity (Wildman–Crippen MR) is 53.6 cm³/mol. The number of nitrogens with two attached hydrogens (primary N) is 1. The molecule has 0 aromatic carbocycles. The maximum Gasteiger partial charge on any atom is 0.251 e. The van der Waals surface area contributed by atoms with Gasteiger partial charge in [-0.2, -0.15) is 5.10 Å². The highest BCUT2D eigenvalue weighted by atomic mass is 16.3. The number of aliphatic hydroxyl groups excluding tert-OH is 1. The summed E-state index contributed by atoms with van der Waals surface area (Å²) in [6.07, 6.45) is 5.74. The Bertz CT molecular complexity index is 505. The van der Waals surface area contributed by atoms with Crippen LogP contribution in [0, 0.1) is 0 Å². The van der Waals surface area contributed by atoms with Gasteiger partial charge in [-0.25, -0.2) is 14.6 Å². The number of aliphatic hydroxyl groups is 1. The lowest BCUT2D eigenvalue weighted by molar-refractivity contribution is 0.100. The van der Waals surface area contributed by atoms with Crippen LogP contribution < -0.4 is 5.73 Å². The van der Waals surface area contributed by atoms with Crippen molar-refractivity contribution in [3.8, 4) is 5.95 Å². The molecule has 7 nitrogen and oxygen atoms in total. The van der Waals surface area contributed by atoms with Crippen molar-refractivity contribution in [2.45, 2.75) is 6.61 Å². The molecule has 2 heterocycles. The van der Waals surface area contributed by atoms with Crippen LogP contribution in [-0.4, -0.2) is 30.8 Å². The van der Waals surface area contributed by atoms with Crippen LogP contribution in [0.3, 0.4) is 0 Å². The second-order valence-electron chi connectivity index (χ2n) is 3.09. The molecule has 1 amide bonds. The monoisotopic (exact) mass is 219 g/mol. The smallest absolute Gasteiger partial charge is 0.251 e. The first-order valence-corrected chi connectivity index (χ1v) is 4.47. The average Bonchev–Trinajstić information content (AvgIpc) is 2.78. The summed E-state index contributed by atoms with van der Waals surface area (Å²) in [6.45, 7) is -0.119. The van der Waals surface area contributed by atoms with Crippen molar-refractivity contribution >= 4 is 5.91 Å². The van der Waals surface area contributed by atoms with E-state index in [0.717, 1.165) is 0 Å². The number of aromatic nitrogens is 4. The SMILES string of the molecule is NC(=O)c1cnn(-c2ncc(CO)cn2)c1. The Hall–Kier alpha value is -2.28. The third-order valence-electron chi connectivity index (χ3n) is 1.95. The molecule has 0 saturated carbocycles. The summed E-state index contributed by atoms with van der Waals surface area (Å²) in [5, 5.41) is 12.7. The molecule has 0 saturated heterocycles. The van der Waals surface area contributed by atoms with Crippen LogP contribution in [0.2, 0.25) is 0 Å². The Balaban J connectivity index is 2.31. The maximum absolute atomic E-state index is 10.8. The summed E-state index contributed by atoms with van der Waals surface area (Å²) >= 11 is 0. The highest BCUT2D eigenvalue weighted by Crippen LogP contribution is 2.03. The van der Waals surface area contributed by atoms with Crippen molar-refractivity contribution in [1.29, 1.82) is 0 Å². The third kappa shape index (κ3) is 1.89. The van der Waals surface area contributed by atoms with E-state index in [2.05, 4.69) is 15.1 Å². The topological polar surface area (TPSA) is 107 Å². The molecule has 0 aliphatic rings. The van der Waals surface area contributed by atoms with E-state index >= 15 is 0 Å². The molecule has 2 rings (SSSR count). The first-order chi connectivity index (χ1) is 7.70. The number of hydrogen-bond acceptors (Lipinski definition) is 5. The average molecular weight is 219 g/mol. The standard InChI is InChI=1S/C9H9N5O2/c10-8(16)7-3-13-14(4-7)9-11-1-6(5-15)2-12-9/h1-4,15H,5H2,(H2,10,16). The van der Waals surface area contributed by atoms with Gasteiger partial charge >= 0.3 is 0 Å². The minimum absolute atomic E-state index is 0.119. The van der Waals surface area contributed by atoms with Gasteiger partial charge in [-0.15, -0.1) is 0 Å². The van der Waals surface area contributed by atoms with Crippen LogP contribution >= 0.6 is 0 Å². The van der Waals surface area contributed by atoms with Gasteiger partial charge in [0.15, 0.2) is 0 Å². The Morgan fingerprint density at radius 3 is 2.56 bits per heavy atom. The first-order valence-electron chi connectivity index (χ1n) is 4.47. The molecule has 2 aromatic rings. The van der Waals surface area contributed by atoms with Gasteiger partial charge in [-0.1, -0.05) is 0 Å². The molecule has 82 valence electrons. The van der Waals surface area contributed by atoms with E-state index in [-0.39, 0.29) is 12.2 Å². The van der Waals surface area contributed by atoms with Gasteiger partial charge in [0.25, 0.3) is 5.91 Å². The number of nitrogens with zero attached hydrogens (tertiary/aromatic N) is 4. The van der Waals surface area contributed by atoms with Gasteiger partial charge in [0, 0.05) is 24.2 Å². The molecule has 7 heteroatoms. The van der Waals surface area contributed by atoms with Crippen molar-refractivity contribution in [2.75, 3.05) is 0 Å². The van der Waals surface area contributed by atoms with Crippen LogP contribution in [0.15, 0.2) is 24.8 Å². The highest BCUT2D eigenvalue weighted by Gasteiger charge is 2.06. The van der Waals surface area contributed by atoms with Crippen molar-refractivity contribution in [3.05, 3.63) is 35.9 Å². The van der Waals surface area contributed by atoms with Crippen LogP contribution in [0.4, 0.5) is 0 Å². The molecule has 16 heavy (non-hydrogen) atoms. The largest absolute Gasteiger partial charge is 0.392 e. The summed E-state index contributed by atoms with van der Waals surface area (Å²) in [7, 11) is 0. The van der Waals surface area contributed by atoms with E-state index in [4.69, 9.17) is 10.8 Å². The second-order valence-corrected chi connectivity index (χ2v) is 3.09. The van der Waals surface area contributed by atoms with Gasteiger partial charge in [-0.3, -0.25) is 4.79 Å². The second kappa shape index (κ2) is 4.07. The minimum Gasteiger partial charge on any atom is -0.392 e. The summed E-state index contributed by atoms with van der Waals surface area (Å²) in [5.74, 6) is -0.247. The lowest BCUT2D eigenvalue weighted by Crippen LogP contribution is -2.09. The summed E-state index contributed by atoms with van der Waals surface area (Å²) < 4.78 is 1.33. The predicted octanol–water partition coefficient (Wildman–Crippen LogP) is -0.747. The van der Waals surface area contributed by atoms with Crippen molar-refractivity contribution in [3.63, 3.8) is 0 Å². The third-order valence-corrected chi connectivity index (χ3v) is 1.95. The van der Waals surface area contributed by atoms with Gasteiger partial charge in [-0.05, 0) is 0 Å². The molecular formula is C9H9N5O2. The number of hydrogen-bond donors (Lipinski definition) is 2. The first kappa shape index (κ1) is 10.2.